The lowest BCUT2D eigenvalue weighted by atomic mass is 9.84. The maximum atomic E-state index is 5.18. The van der Waals surface area contributed by atoms with Gasteiger partial charge < -0.3 is 5.32 Å². The van der Waals surface area contributed by atoms with Gasteiger partial charge in [0.1, 0.15) is 0 Å². The monoisotopic (exact) mass is 743 g/mol. The molecule has 0 radical (unpaired) electrons. The molecule has 10 rings (SSSR count). The van der Waals surface area contributed by atoms with Crippen molar-refractivity contribution in [2.45, 2.75) is 19.9 Å². The molecule has 0 spiro atoms. The molecule has 58 heavy (non-hydrogen) atoms. The van der Waals surface area contributed by atoms with Crippen molar-refractivity contribution < 1.29 is 0 Å². The Hall–Kier alpha value is -7.36. The van der Waals surface area contributed by atoms with Crippen molar-refractivity contribution in [3.8, 4) is 56.2 Å². The van der Waals surface area contributed by atoms with Crippen LogP contribution in [0.3, 0.4) is 0 Å². The van der Waals surface area contributed by atoms with Crippen molar-refractivity contribution in [3.63, 3.8) is 0 Å². The number of nitrogens with one attached hydrogen (secondary N) is 1. The highest BCUT2D eigenvalue weighted by atomic mass is 14.9. The molecule has 3 heteroatoms. The number of hydrogen-bond acceptors (Lipinski definition) is 3. The summed E-state index contributed by atoms with van der Waals surface area (Å²) in [6.07, 6.45) is 0. The van der Waals surface area contributed by atoms with Crippen LogP contribution in [0.5, 0.6) is 0 Å². The van der Waals surface area contributed by atoms with Gasteiger partial charge in [0.05, 0.1) is 11.4 Å². The molecule has 1 aromatic heterocycles. The van der Waals surface area contributed by atoms with E-state index in [2.05, 4.69) is 207 Å². The van der Waals surface area contributed by atoms with Gasteiger partial charge in [-0.1, -0.05) is 182 Å². The van der Waals surface area contributed by atoms with Crippen LogP contribution in [0, 0.1) is 6.92 Å². The third-order valence-electron chi connectivity index (χ3n) is 11.4. The molecule has 0 saturated heterocycles. The molecule has 1 unspecified atom stereocenters. The van der Waals surface area contributed by atoms with E-state index in [-0.39, 0.29) is 6.04 Å². The molecule has 1 atom stereocenters. The number of aromatic nitrogens is 2. The number of benzene rings is 9. The number of hydrogen-bond donors (Lipinski definition) is 1. The predicted octanol–water partition coefficient (Wildman–Crippen LogP) is 14.8. The molecular weight excluding hydrogens is 703 g/mol. The molecule has 0 saturated carbocycles. The molecule has 0 amide bonds. The Morgan fingerprint density at radius 3 is 1.62 bits per heavy atom. The van der Waals surface area contributed by atoms with Gasteiger partial charge in [-0.25, -0.2) is 9.97 Å². The Balaban J connectivity index is 1.16. The van der Waals surface area contributed by atoms with Crippen LogP contribution >= 0.6 is 0 Å². The van der Waals surface area contributed by atoms with E-state index in [9.17, 15) is 0 Å². The topological polar surface area (TPSA) is 37.8 Å². The quantitative estimate of drug-likeness (QED) is 0.168. The molecule has 10 aromatic rings. The molecule has 0 aliphatic carbocycles. The molecule has 0 aliphatic heterocycles. The van der Waals surface area contributed by atoms with E-state index in [1.165, 1.54) is 54.6 Å². The van der Waals surface area contributed by atoms with Crippen molar-refractivity contribution in [2.75, 3.05) is 5.32 Å². The summed E-state index contributed by atoms with van der Waals surface area (Å²) < 4.78 is 0. The average Bonchev–Trinajstić information content (AvgIpc) is 3.29. The Bertz CT molecular complexity index is 3050. The van der Waals surface area contributed by atoms with Crippen LogP contribution in [0.2, 0.25) is 0 Å². The van der Waals surface area contributed by atoms with Gasteiger partial charge in [-0.3, -0.25) is 0 Å². The molecule has 9 aromatic carbocycles. The third kappa shape index (κ3) is 6.47. The second kappa shape index (κ2) is 14.9. The molecule has 0 bridgehead atoms. The van der Waals surface area contributed by atoms with Gasteiger partial charge in [-0.15, -0.1) is 0 Å². The van der Waals surface area contributed by atoms with Crippen molar-refractivity contribution in [3.05, 3.63) is 211 Å². The Kier molecular flexibility index (Phi) is 9.04. The summed E-state index contributed by atoms with van der Waals surface area (Å²) in [6.45, 7) is 4.54. The van der Waals surface area contributed by atoms with Crippen LogP contribution in [-0.2, 0) is 0 Å². The summed E-state index contributed by atoms with van der Waals surface area (Å²) >= 11 is 0. The van der Waals surface area contributed by atoms with Crippen LogP contribution in [0.1, 0.15) is 24.1 Å². The fourth-order valence-corrected chi connectivity index (χ4v) is 8.56. The summed E-state index contributed by atoms with van der Waals surface area (Å²) in [5.74, 6) is 0.694. The summed E-state index contributed by atoms with van der Waals surface area (Å²) in [7, 11) is 0. The summed E-state index contributed by atoms with van der Waals surface area (Å²) in [6, 6.07) is 71.3. The largest absolute Gasteiger partial charge is 0.378 e. The molecule has 3 nitrogen and oxygen atoms in total. The fourth-order valence-electron chi connectivity index (χ4n) is 8.56. The van der Waals surface area contributed by atoms with Gasteiger partial charge in [0.15, 0.2) is 5.82 Å². The fraction of sp³-hybridized carbons (Fsp3) is 0.0545. The lowest BCUT2D eigenvalue weighted by molar-refractivity contribution is 0.893. The maximum absolute atomic E-state index is 5.18. The highest BCUT2D eigenvalue weighted by molar-refractivity contribution is 6.13. The minimum atomic E-state index is 0.0786. The molecule has 1 N–H and O–H groups in total. The third-order valence-corrected chi connectivity index (χ3v) is 11.4. The summed E-state index contributed by atoms with van der Waals surface area (Å²) in [5, 5.41) is 11.3. The lowest BCUT2D eigenvalue weighted by Crippen LogP contribution is -2.09. The summed E-state index contributed by atoms with van der Waals surface area (Å²) in [5.41, 5.74) is 13.2. The van der Waals surface area contributed by atoms with Gasteiger partial charge in [0.2, 0.25) is 0 Å². The average molecular weight is 744 g/mol. The smallest absolute Gasteiger partial charge is 0.160 e. The zero-order valence-corrected chi connectivity index (χ0v) is 32.5. The zero-order chi connectivity index (χ0) is 39.0. The second-order valence-electron chi connectivity index (χ2n) is 15.1. The van der Waals surface area contributed by atoms with E-state index in [1.807, 2.05) is 12.1 Å². The van der Waals surface area contributed by atoms with Gasteiger partial charge >= 0.3 is 0 Å². The summed E-state index contributed by atoms with van der Waals surface area (Å²) in [4.78, 5) is 10.4. The first-order valence-corrected chi connectivity index (χ1v) is 20.0. The van der Waals surface area contributed by atoms with E-state index >= 15 is 0 Å². The standard InChI is InChI=1S/C55H41N3/c1-36-50(56-37(2)45-30-16-24-38-17-9-12-27-46(38)45)34-43-23-11-14-29-48(43)53(36)54-47-28-13-10-18-39(47)31-32-49(54)42-25-15-26-44(33-42)55-57-51(40-19-5-3-6-20-40)35-52(58-55)41-21-7-4-8-22-41/h3-35,37,56H,1-2H3. The minimum Gasteiger partial charge on any atom is -0.378 e. The SMILES string of the molecule is Cc1c(NC(C)c2cccc3ccccc23)cc2ccccc2c1-c1c(-c2cccc(-c3nc(-c4ccccc4)cc(-c4ccccc4)n3)c2)ccc2ccccc12. The van der Waals surface area contributed by atoms with E-state index in [0.29, 0.717) is 5.82 Å². The zero-order valence-electron chi connectivity index (χ0n) is 32.5. The Labute approximate surface area is 339 Å². The highest BCUT2D eigenvalue weighted by Gasteiger charge is 2.21. The maximum Gasteiger partial charge on any atom is 0.160 e. The molecule has 0 fully saturated rings. The van der Waals surface area contributed by atoms with Gasteiger partial charge in [0.25, 0.3) is 0 Å². The van der Waals surface area contributed by atoms with Gasteiger partial charge in [-0.2, -0.15) is 0 Å². The van der Waals surface area contributed by atoms with Crippen molar-refractivity contribution in [1.82, 2.24) is 9.97 Å². The highest BCUT2D eigenvalue weighted by Crippen LogP contribution is 2.46. The lowest BCUT2D eigenvalue weighted by Gasteiger charge is -2.24. The van der Waals surface area contributed by atoms with E-state index in [1.54, 1.807) is 0 Å². The molecule has 0 aliphatic rings. The Morgan fingerprint density at radius 2 is 0.931 bits per heavy atom. The van der Waals surface area contributed by atoms with Crippen LogP contribution in [0.4, 0.5) is 5.69 Å². The number of nitrogens with zero attached hydrogens (tertiary/aromatic N) is 2. The predicted molar refractivity (Wildman–Crippen MR) is 245 cm³/mol. The second-order valence-corrected chi connectivity index (χ2v) is 15.1. The van der Waals surface area contributed by atoms with Gasteiger partial charge in [-0.05, 0) is 97.7 Å². The van der Waals surface area contributed by atoms with Gasteiger partial charge in [0, 0.05) is 28.4 Å². The van der Waals surface area contributed by atoms with Crippen LogP contribution in [-0.4, -0.2) is 9.97 Å². The normalized spacial score (nSPS) is 11.9. The molecular formula is C55H41N3. The van der Waals surface area contributed by atoms with E-state index in [0.717, 1.165) is 44.9 Å². The van der Waals surface area contributed by atoms with Crippen molar-refractivity contribution in [2.24, 2.45) is 0 Å². The van der Waals surface area contributed by atoms with Crippen molar-refractivity contribution >= 4 is 38.0 Å². The van der Waals surface area contributed by atoms with Crippen molar-refractivity contribution in [1.29, 1.82) is 0 Å². The Morgan fingerprint density at radius 1 is 0.414 bits per heavy atom. The number of fused-ring (bicyclic) bond motifs is 3. The number of anilines is 1. The first-order valence-electron chi connectivity index (χ1n) is 20.0. The first-order chi connectivity index (χ1) is 28.6. The molecule has 276 valence electrons. The molecule has 1 heterocycles. The minimum absolute atomic E-state index is 0.0786. The van der Waals surface area contributed by atoms with Crippen LogP contribution in [0.15, 0.2) is 200 Å². The first kappa shape index (κ1) is 35.1. The van der Waals surface area contributed by atoms with E-state index < -0.39 is 0 Å². The van der Waals surface area contributed by atoms with Crippen LogP contribution < -0.4 is 5.32 Å². The van der Waals surface area contributed by atoms with Crippen LogP contribution in [0.25, 0.3) is 88.5 Å². The van der Waals surface area contributed by atoms with E-state index in [4.69, 9.17) is 9.97 Å². The number of rotatable bonds is 8.